The molecule has 2 rings (SSSR count). The molecule has 0 unspecified atom stereocenters. The van der Waals surface area contributed by atoms with Gasteiger partial charge >= 0.3 is 0 Å². The standard InChI is InChI=1S/C12H14Cl2/c13-8-9-5-6-11(12(14)7-9)10-3-1-2-4-10/h5-7,10H,1-4,8H2. The Labute approximate surface area is 95.2 Å². The fourth-order valence-electron chi connectivity index (χ4n) is 2.22. The zero-order valence-corrected chi connectivity index (χ0v) is 9.61. The molecule has 1 aliphatic carbocycles. The summed E-state index contributed by atoms with van der Waals surface area (Å²) in [5.41, 5.74) is 2.43. The van der Waals surface area contributed by atoms with Crippen molar-refractivity contribution in [3.05, 3.63) is 34.3 Å². The molecule has 1 fully saturated rings. The van der Waals surface area contributed by atoms with E-state index in [-0.39, 0.29) is 0 Å². The molecule has 1 saturated carbocycles. The molecule has 0 N–H and O–H groups in total. The van der Waals surface area contributed by atoms with E-state index in [4.69, 9.17) is 23.2 Å². The summed E-state index contributed by atoms with van der Waals surface area (Å²) in [5.74, 6) is 1.23. The van der Waals surface area contributed by atoms with Crippen molar-refractivity contribution in [2.24, 2.45) is 0 Å². The Hall–Kier alpha value is -0.200. The maximum Gasteiger partial charge on any atom is 0.0474 e. The summed E-state index contributed by atoms with van der Waals surface area (Å²) in [7, 11) is 0. The Morgan fingerprint density at radius 1 is 1.21 bits per heavy atom. The molecule has 1 aromatic carbocycles. The third-order valence-electron chi connectivity index (χ3n) is 3.01. The van der Waals surface area contributed by atoms with E-state index in [1.165, 1.54) is 31.2 Å². The molecule has 0 atom stereocenters. The number of benzene rings is 1. The predicted octanol–water partition coefficient (Wildman–Crippen LogP) is 4.74. The van der Waals surface area contributed by atoms with Crippen molar-refractivity contribution >= 4 is 23.2 Å². The van der Waals surface area contributed by atoms with Crippen LogP contribution in [0.1, 0.15) is 42.7 Å². The lowest BCUT2D eigenvalue weighted by Crippen LogP contribution is -1.94. The van der Waals surface area contributed by atoms with Crippen LogP contribution in [-0.4, -0.2) is 0 Å². The van der Waals surface area contributed by atoms with Crippen molar-refractivity contribution in [1.29, 1.82) is 0 Å². The average Bonchev–Trinajstić information content (AvgIpc) is 2.70. The van der Waals surface area contributed by atoms with Gasteiger partial charge in [0.15, 0.2) is 0 Å². The Morgan fingerprint density at radius 3 is 2.50 bits per heavy atom. The molecule has 0 radical (unpaired) electrons. The van der Waals surface area contributed by atoms with Gasteiger partial charge in [-0.25, -0.2) is 0 Å². The van der Waals surface area contributed by atoms with Crippen LogP contribution < -0.4 is 0 Å². The average molecular weight is 229 g/mol. The van der Waals surface area contributed by atoms with E-state index in [1.54, 1.807) is 0 Å². The van der Waals surface area contributed by atoms with Crippen LogP contribution >= 0.6 is 23.2 Å². The Kier molecular flexibility index (Phi) is 3.35. The molecule has 14 heavy (non-hydrogen) atoms. The van der Waals surface area contributed by atoms with Gasteiger partial charge in [0.05, 0.1) is 0 Å². The number of halogens is 2. The zero-order valence-electron chi connectivity index (χ0n) is 8.10. The van der Waals surface area contributed by atoms with Gasteiger partial charge in [-0.3, -0.25) is 0 Å². The number of alkyl halides is 1. The van der Waals surface area contributed by atoms with Gasteiger partial charge in [-0.15, -0.1) is 11.6 Å². The Balaban J connectivity index is 2.25. The van der Waals surface area contributed by atoms with Crippen molar-refractivity contribution in [3.63, 3.8) is 0 Å². The van der Waals surface area contributed by atoms with Crippen LogP contribution in [0.4, 0.5) is 0 Å². The number of hydrogen-bond donors (Lipinski definition) is 0. The van der Waals surface area contributed by atoms with Gasteiger partial charge in [-0.2, -0.15) is 0 Å². The fourth-order valence-corrected chi connectivity index (χ4v) is 2.75. The molecule has 0 heterocycles. The van der Waals surface area contributed by atoms with E-state index >= 15 is 0 Å². The third kappa shape index (κ3) is 2.07. The SMILES string of the molecule is ClCc1ccc(C2CCCC2)c(Cl)c1. The number of rotatable bonds is 2. The molecule has 76 valence electrons. The highest BCUT2D eigenvalue weighted by Crippen LogP contribution is 2.37. The predicted molar refractivity (Wildman–Crippen MR) is 62.2 cm³/mol. The quantitative estimate of drug-likeness (QED) is 0.642. The molecule has 0 aliphatic heterocycles. The molecule has 0 spiro atoms. The maximum absolute atomic E-state index is 6.23. The highest BCUT2D eigenvalue weighted by molar-refractivity contribution is 6.31. The van der Waals surface area contributed by atoms with Gasteiger partial charge in [0.25, 0.3) is 0 Å². The van der Waals surface area contributed by atoms with Crippen molar-refractivity contribution < 1.29 is 0 Å². The van der Waals surface area contributed by atoms with Crippen molar-refractivity contribution in [1.82, 2.24) is 0 Å². The summed E-state index contributed by atoms with van der Waals surface area (Å²) in [4.78, 5) is 0. The summed E-state index contributed by atoms with van der Waals surface area (Å²) in [6.07, 6.45) is 5.27. The van der Waals surface area contributed by atoms with E-state index in [1.807, 2.05) is 6.07 Å². The fraction of sp³-hybridized carbons (Fsp3) is 0.500. The van der Waals surface area contributed by atoms with E-state index in [2.05, 4.69) is 12.1 Å². The van der Waals surface area contributed by atoms with E-state index in [0.29, 0.717) is 11.8 Å². The van der Waals surface area contributed by atoms with Gasteiger partial charge in [0.1, 0.15) is 0 Å². The highest BCUT2D eigenvalue weighted by atomic mass is 35.5. The molecule has 0 nitrogen and oxygen atoms in total. The smallest absolute Gasteiger partial charge is 0.0474 e. The minimum Gasteiger partial charge on any atom is -0.122 e. The summed E-state index contributed by atoms with van der Waals surface area (Å²) in [6.45, 7) is 0. The maximum atomic E-state index is 6.23. The van der Waals surface area contributed by atoms with Gasteiger partial charge in [0, 0.05) is 10.9 Å². The summed E-state index contributed by atoms with van der Waals surface area (Å²) in [5, 5.41) is 0.898. The second-order valence-electron chi connectivity index (χ2n) is 3.97. The molecule has 0 amide bonds. The largest absolute Gasteiger partial charge is 0.122 e. The van der Waals surface area contributed by atoms with Crippen molar-refractivity contribution in [2.75, 3.05) is 0 Å². The lowest BCUT2D eigenvalue weighted by atomic mass is 9.97. The molecule has 0 aromatic heterocycles. The second-order valence-corrected chi connectivity index (χ2v) is 4.65. The first kappa shape index (κ1) is 10.3. The molecule has 0 saturated heterocycles. The Morgan fingerprint density at radius 2 is 1.93 bits per heavy atom. The van der Waals surface area contributed by atoms with Crippen LogP contribution in [-0.2, 0) is 5.88 Å². The second kappa shape index (κ2) is 4.55. The summed E-state index contributed by atoms with van der Waals surface area (Å²) in [6, 6.07) is 6.24. The molecular weight excluding hydrogens is 215 g/mol. The molecular formula is C12H14Cl2. The van der Waals surface area contributed by atoms with Crippen LogP contribution in [0.2, 0.25) is 5.02 Å². The molecule has 1 aliphatic rings. The first-order chi connectivity index (χ1) is 6.81. The van der Waals surface area contributed by atoms with Gasteiger partial charge in [0.2, 0.25) is 0 Å². The van der Waals surface area contributed by atoms with Crippen LogP contribution in [0, 0.1) is 0 Å². The van der Waals surface area contributed by atoms with Gasteiger partial charge in [-0.05, 0) is 36.0 Å². The van der Waals surface area contributed by atoms with Crippen LogP contribution in [0.25, 0.3) is 0 Å². The molecule has 0 bridgehead atoms. The minimum absolute atomic E-state index is 0.546. The van der Waals surface area contributed by atoms with Crippen LogP contribution in [0.5, 0.6) is 0 Å². The molecule has 1 aromatic rings. The van der Waals surface area contributed by atoms with Crippen LogP contribution in [0.15, 0.2) is 18.2 Å². The first-order valence-corrected chi connectivity index (χ1v) is 6.07. The van der Waals surface area contributed by atoms with Gasteiger partial charge < -0.3 is 0 Å². The summed E-state index contributed by atoms with van der Waals surface area (Å²) < 4.78 is 0. The topological polar surface area (TPSA) is 0 Å². The summed E-state index contributed by atoms with van der Waals surface area (Å²) >= 11 is 12.0. The highest BCUT2D eigenvalue weighted by Gasteiger charge is 2.19. The Bertz CT molecular complexity index is 314. The lowest BCUT2D eigenvalue weighted by molar-refractivity contribution is 0.723. The van der Waals surface area contributed by atoms with Crippen molar-refractivity contribution in [2.45, 2.75) is 37.5 Å². The molecule has 2 heteroatoms. The normalized spacial score (nSPS) is 17.6. The van der Waals surface area contributed by atoms with E-state index in [0.717, 1.165) is 10.6 Å². The van der Waals surface area contributed by atoms with E-state index < -0.39 is 0 Å². The van der Waals surface area contributed by atoms with Crippen LogP contribution in [0.3, 0.4) is 0 Å². The van der Waals surface area contributed by atoms with Crippen molar-refractivity contribution in [3.8, 4) is 0 Å². The van der Waals surface area contributed by atoms with Gasteiger partial charge in [-0.1, -0.05) is 36.6 Å². The lowest BCUT2D eigenvalue weighted by Gasteiger charge is -2.12. The minimum atomic E-state index is 0.546. The van der Waals surface area contributed by atoms with E-state index in [9.17, 15) is 0 Å². The third-order valence-corrected chi connectivity index (χ3v) is 3.65. The monoisotopic (exact) mass is 228 g/mol. The first-order valence-electron chi connectivity index (χ1n) is 5.15. The zero-order chi connectivity index (χ0) is 9.97. The number of hydrogen-bond acceptors (Lipinski definition) is 0.